The molecule has 0 bridgehead atoms. The van der Waals surface area contributed by atoms with Crippen LogP contribution in [0.5, 0.6) is 0 Å². The van der Waals surface area contributed by atoms with Crippen molar-refractivity contribution in [2.45, 2.75) is 37.4 Å². The van der Waals surface area contributed by atoms with Crippen LogP contribution in [-0.2, 0) is 24.0 Å². The minimum Gasteiger partial charge on any atom is -0.481 e. The first-order valence-corrected chi connectivity index (χ1v) is 6.78. The summed E-state index contributed by atoms with van der Waals surface area (Å²) in [7, 11) is 0. The summed E-state index contributed by atoms with van der Waals surface area (Å²) in [6, 6.07) is -4.44. The highest BCUT2D eigenvalue weighted by atomic mass is 16.4. The van der Waals surface area contributed by atoms with Crippen molar-refractivity contribution in [2.75, 3.05) is 6.61 Å². The summed E-state index contributed by atoms with van der Waals surface area (Å²) in [6.45, 7) is -0.875. The van der Waals surface area contributed by atoms with Gasteiger partial charge in [-0.05, 0) is 6.42 Å². The molecule has 9 N–H and O–H groups in total. The van der Waals surface area contributed by atoms with Gasteiger partial charge in [0.1, 0.15) is 12.1 Å². The minimum absolute atomic E-state index is 0.277. The molecule has 0 radical (unpaired) electrons. The van der Waals surface area contributed by atoms with E-state index in [0.717, 1.165) is 0 Å². The Morgan fingerprint density at radius 1 is 0.958 bits per heavy atom. The van der Waals surface area contributed by atoms with Crippen molar-refractivity contribution in [1.29, 1.82) is 0 Å². The molecule has 0 spiro atoms. The second-order valence-corrected chi connectivity index (χ2v) is 4.85. The van der Waals surface area contributed by atoms with Gasteiger partial charge in [0.15, 0.2) is 0 Å². The Hall–Kier alpha value is -2.73. The number of nitrogens with one attached hydrogen (secondary N) is 2. The monoisotopic (exact) mass is 348 g/mol. The van der Waals surface area contributed by atoms with Crippen LogP contribution >= 0.6 is 0 Å². The smallest absolute Gasteiger partial charge is 0.326 e. The standard InChI is InChI=1S/C12H20N4O8/c13-5(3-9(19)20)10(21)16-7(4-17)11(22)15-6(12(23)24)1-2-8(14)18/h5-7,17H,1-4,13H2,(H2,14,18)(H,15,22)(H,16,21)(H,19,20)(H,23,24). The van der Waals surface area contributed by atoms with Gasteiger partial charge in [0.25, 0.3) is 0 Å². The molecule has 0 saturated heterocycles. The third kappa shape index (κ3) is 8.05. The van der Waals surface area contributed by atoms with Crippen LogP contribution in [0.25, 0.3) is 0 Å². The lowest BCUT2D eigenvalue weighted by Crippen LogP contribution is -2.56. The summed E-state index contributed by atoms with van der Waals surface area (Å²) in [5.74, 6) is -5.57. The molecule has 12 nitrogen and oxygen atoms in total. The summed E-state index contributed by atoms with van der Waals surface area (Å²) >= 11 is 0. The van der Waals surface area contributed by atoms with Crippen molar-refractivity contribution in [3.05, 3.63) is 0 Å². The summed E-state index contributed by atoms with van der Waals surface area (Å²) in [6.07, 6.45) is -1.26. The first-order chi connectivity index (χ1) is 11.1. The zero-order chi connectivity index (χ0) is 18.9. The van der Waals surface area contributed by atoms with Gasteiger partial charge in [-0.2, -0.15) is 0 Å². The Labute approximate surface area is 136 Å². The second-order valence-electron chi connectivity index (χ2n) is 4.85. The zero-order valence-corrected chi connectivity index (χ0v) is 12.6. The minimum atomic E-state index is -1.53. The number of carboxylic acid groups (broad SMARTS) is 2. The average Bonchev–Trinajstić information content (AvgIpc) is 2.47. The molecular formula is C12H20N4O8. The molecule has 0 aliphatic heterocycles. The van der Waals surface area contributed by atoms with Crippen LogP contribution in [0, 0.1) is 0 Å². The van der Waals surface area contributed by atoms with E-state index in [1.54, 1.807) is 0 Å². The Morgan fingerprint density at radius 2 is 1.50 bits per heavy atom. The van der Waals surface area contributed by atoms with Gasteiger partial charge < -0.3 is 37.4 Å². The Morgan fingerprint density at radius 3 is 1.92 bits per heavy atom. The molecule has 0 aromatic rings. The molecule has 3 amide bonds. The number of carbonyl (C=O) groups is 5. The molecular weight excluding hydrogens is 328 g/mol. The maximum atomic E-state index is 11.9. The first kappa shape index (κ1) is 21.3. The summed E-state index contributed by atoms with van der Waals surface area (Å²) in [5, 5.41) is 30.6. The van der Waals surface area contributed by atoms with Crippen molar-refractivity contribution in [3.63, 3.8) is 0 Å². The van der Waals surface area contributed by atoms with E-state index in [1.807, 2.05) is 10.6 Å². The fourth-order valence-corrected chi connectivity index (χ4v) is 1.57. The number of carbonyl (C=O) groups excluding carboxylic acids is 3. The SMILES string of the molecule is NC(=O)CCC(NC(=O)C(CO)NC(=O)C(N)CC(=O)O)C(=O)O. The number of carboxylic acids is 2. The Balaban J connectivity index is 4.76. The van der Waals surface area contributed by atoms with Gasteiger partial charge >= 0.3 is 11.9 Å². The largest absolute Gasteiger partial charge is 0.481 e. The number of primary amides is 1. The van der Waals surface area contributed by atoms with Crippen LogP contribution in [0.2, 0.25) is 0 Å². The van der Waals surface area contributed by atoms with Crippen LogP contribution in [0.3, 0.4) is 0 Å². The van der Waals surface area contributed by atoms with E-state index in [-0.39, 0.29) is 12.8 Å². The lowest BCUT2D eigenvalue weighted by molar-refractivity contribution is -0.143. The van der Waals surface area contributed by atoms with E-state index in [2.05, 4.69) is 0 Å². The highest BCUT2D eigenvalue weighted by Gasteiger charge is 2.28. The number of aliphatic carboxylic acids is 2. The van der Waals surface area contributed by atoms with Crippen LogP contribution < -0.4 is 22.1 Å². The highest BCUT2D eigenvalue weighted by molar-refractivity contribution is 5.93. The van der Waals surface area contributed by atoms with Crippen molar-refractivity contribution in [2.24, 2.45) is 11.5 Å². The maximum absolute atomic E-state index is 11.9. The molecule has 0 aromatic heterocycles. The van der Waals surface area contributed by atoms with Crippen molar-refractivity contribution in [1.82, 2.24) is 10.6 Å². The van der Waals surface area contributed by atoms with Crippen LogP contribution in [0.15, 0.2) is 0 Å². The van der Waals surface area contributed by atoms with Gasteiger partial charge in [0.05, 0.1) is 19.1 Å². The lowest BCUT2D eigenvalue weighted by Gasteiger charge is -2.21. The number of rotatable bonds is 11. The molecule has 0 aliphatic carbocycles. The summed E-state index contributed by atoms with van der Waals surface area (Å²) in [4.78, 5) is 55.6. The third-order valence-corrected chi connectivity index (χ3v) is 2.84. The molecule has 0 heterocycles. The number of nitrogens with two attached hydrogens (primary N) is 2. The predicted molar refractivity (Wildman–Crippen MR) is 77.2 cm³/mol. The third-order valence-electron chi connectivity index (χ3n) is 2.84. The number of hydrogen-bond donors (Lipinski definition) is 7. The number of hydrogen-bond acceptors (Lipinski definition) is 7. The van der Waals surface area contributed by atoms with Gasteiger partial charge in [0, 0.05) is 6.42 Å². The van der Waals surface area contributed by atoms with Crippen molar-refractivity contribution < 1.29 is 39.3 Å². The molecule has 0 aromatic carbocycles. The van der Waals surface area contributed by atoms with Gasteiger partial charge in [-0.25, -0.2) is 4.79 Å². The van der Waals surface area contributed by atoms with Gasteiger partial charge in [-0.3, -0.25) is 19.2 Å². The number of aliphatic hydroxyl groups excluding tert-OH is 1. The van der Waals surface area contributed by atoms with E-state index in [9.17, 15) is 24.0 Å². The first-order valence-electron chi connectivity index (χ1n) is 6.78. The van der Waals surface area contributed by atoms with Crippen molar-refractivity contribution >= 4 is 29.7 Å². The molecule has 3 unspecified atom stereocenters. The van der Waals surface area contributed by atoms with Crippen LogP contribution in [0.4, 0.5) is 0 Å². The number of aliphatic hydroxyl groups is 1. The van der Waals surface area contributed by atoms with E-state index < -0.39 is 60.8 Å². The summed E-state index contributed by atoms with van der Waals surface area (Å²) in [5.41, 5.74) is 10.2. The van der Waals surface area contributed by atoms with E-state index in [4.69, 9.17) is 26.8 Å². The van der Waals surface area contributed by atoms with Crippen LogP contribution in [0.1, 0.15) is 19.3 Å². The van der Waals surface area contributed by atoms with E-state index >= 15 is 0 Å². The number of amides is 3. The Kier molecular flexibility index (Phi) is 8.97. The average molecular weight is 348 g/mol. The topological polar surface area (TPSA) is 222 Å². The molecule has 24 heavy (non-hydrogen) atoms. The molecule has 0 fully saturated rings. The molecule has 0 saturated carbocycles. The molecule has 12 heteroatoms. The quantitative estimate of drug-likeness (QED) is 0.193. The molecule has 136 valence electrons. The van der Waals surface area contributed by atoms with Gasteiger partial charge in [0.2, 0.25) is 17.7 Å². The molecule has 0 rings (SSSR count). The lowest BCUT2D eigenvalue weighted by atomic mass is 10.1. The van der Waals surface area contributed by atoms with Crippen LogP contribution in [-0.4, -0.2) is 69.7 Å². The van der Waals surface area contributed by atoms with Crippen molar-refractivity contribution in [3.8, 4) is 0 Å². The van der Waals surface area contributed by atoms with E-state index in [1.165, 1.54) is 0 Å². The van der Waals surface area contributed by atoms with Gasteiger partial charge in [-0.1, -0.05) is 0 Å². The summed E-state index contributed by atoms with van der Waals surface area (Å²) < 4.78 is 0. The predicted octanol–water partition coefficient (Wildman–Crippen LogP) is -3.90. The van der Waals surface area contributed by atoms with E-state index in [0.29, 0.717) is 0 Å². The Bertz CT molecular complexity index is 509. The highest BCUT2D eigenvalue weighted by Crippen LogP contribution is 1.99. The zero-order valence-electron chi connectivity index (χ0n) is 12.6. The van der Waals surface area contributed by atoms with Gasteiger partial charge in [-0.15, -0.1) is 0 Å². The maximum Gasteiger partial charge on any atom is 0.326 e. The molecule has 3 atom stereocenters. The fraction of sp³-hybridized carbons (Fsp3) is 0.583. The normalized spacial score (nSPS) is 14.1. The molecule has 0 aliphatic rings. The fourth-order valence-electron chi connectivity index (χ4n) is 1.57. The second kappa shape index (κ2) is 10.1.